The smallest absolute Gasteiger partial charge is 0.133 e. The zero-order chi connectivity index (χ0) is 9.97. The zero-order valence-electron chi connectivity index (χ0n) is 8.79. The van der Waals surface area contributed by atoms with Gasteiger partial charge < -0.3 is 4.42 Å². The molecule has 0 saturated carbocycles. The van der Waals surface area contributed by atoms with Gasteiger partial charge >= 0.3 is 0 Å². The largest absolute Gasteiger partial charge is 0.464 e. The zero-order valence-corrected chi connectivity index (χ0v) is 8.79. The average molecular weight is 188 g/mol. The van der Waals surface area contributed by atoms with Crippen molar-refractivity contribution in [3.8, 4) is 0 Å². The van der Waals surface area contributed by atoms with E-state index in [1.807, 2.05) is 6.07 Å². The molecule has 14 heavy (non-hydrogen) atoms. The molecule has 74 valence electrons. The Bertz CT molecular complexity index is 414. The van der Waals surface area contributed by atoms with Crippen molar-refractivity contribution < 1.29 is 4.42 Å². The molecular weight excluding hydrogens is 172 g/mol. The van der Waals surface area contributed by atoms with Gasteiger partial charge in [0.2, 0.25) is 0 Å². The van der Waals surface area contributed by atoms with Crippen molar-refractivity contribution in [2.45, 2.75) is 26.7 Å². The predicted molar refractivity (Wildman–Crippen MR) is 59.4 cm³/mol. The fraction of sp³-hybridized carbons (Fsp3) is 0.385. The van der Waals surface area contributed by atoms with Crippen molar-refractivity contribution in [2.24, 2.45) is 5.92 Å². The van der Waals surface area contributed by atoms with Gasteiger partial charge in [0.15, 0.2) is 0 Å². The molecule has 0 aliphatic rings. The Morgan fingerprint density at radius 3 is 2.93 bits per heavy atom. The molecule has 1 nitrogen and oxygen atoms in total. The van der Waals surface area contributed by atoms with Crippen LogP contribution in [0.1, 0.15) is 25.8 Å². The molecular formula is C13H16O. The SMILES string of the molecule is CC[C@@H](C)Cc1ccc2occc2c1. The molecule has 1 aromatic carbocycles. The van der Waals surface area contributed by atoms with Gasteiger partial charge in [0.1, 0.15) is 5.58 Å². The van der Waals surface area contributed by atoms with Crippen LogP contribution in [0.3, 0.4) is 0 Å². The lowest BCUT2D eigenvalue weighted by Crippen LogP contribution is -1.96. The van der Waals surface area contributed by atoms with Crippen LogP contribution < -0.4 is 0 Å². The first kappa shape index (κ1) is 9.32. The van der Waals surface area contributed by atoms with E-state index in [1.54, 1.807) is 6.26 Å². The third-order valence-electron chi connectivity index (χ3n) is 2.80. The van der Waals surface area contributed by atoms with Crippen LogP contribution in [0.15, 0.2) is 34.9 Å². The van der Waals surface area contributed by atoms with Crippen molar-refractivity contribution in [3.05, 3.63) is 36.1 Å². The Balaban J connectivity index is 2.25. The first-order chi connectivity index (χ1) is 6.79. The van der Waals surface area contributed by atoms with Crippen LogP contribution in [0, 0.1) is 5.92 Å². The molecule has 0 aliphatic heterocycles. The number of hydrogen-bond donors (Lipinski definition) is 0. The van der Waals surface area contributed by atoms with Gasteiger partial charge in [-0.15, -0.1) is 0 Å². The number of fused-ring (bicyclic) bond motifs is 1. The Kier molecular flexibility index (Phi) is 2.58. The second-order valence-electron chi connectivity index (χ2n) is 4.01. The van der Waals surface area contributed by atoms with E-state index in [1.165, 1.54) is 17.4 Å². The van der Waals surface area contributed by atoms with Crippen molar-refractivity contribution in [1.29, 1.82) is 0 Å². The summed E-state index contributed by atoms with van der Waals surface area (Å²) in [7, 11) is 0. The highest BCUT2D eigenvalue weighted by molar-refractivity contribution is 5.77. The summed E-state index contributed by atoms with van der Waals surface area (Å²) in [6.07, 6.45) is 4.15. The summed E-state index contributed by atoms with van der Waals surface area (Å²) >= 11 is 0. The molecule has 0 fully saturated rings. The maximum absolute atomic E-state index is 5.30. The van der Waals surface area contributed by atoms with Gasteiger partial charge in [-0.1, -0.05) is 26.3 Å². The standard InChI is InChI=1S/C13H16O/c1-3-10(2)8-11-4-5-13-12(9-11)6-7-14-13/h4-7,9-10H,3,8H2,1-2H3/t10-/m1/s1. The van der Waals surface area contributed by atoms with E-state index in [-0.39, 0.29) is 0 Å². The van der Waals surface area contributed by atoms with Crippen LogP contribution in [-0.4, -0.2) is 0 Å². The van der Waals surface area contributed by atoms with Gasteiger partial charge in [0, 0.05) is 5.39 Å². The van der Waals surface area contributed by atoms with Crippen LogP contribution in [0.2, 0.25) is 0 Å². The lowest BCUT2D eigenvalue weighted by Gasteiger charge is -2.07. The number of rotatable bonds is 3. The second-order valence-corrected chi connectivity index (χ2v) is 4.01. The summed E-state index contributed by atoms with van der Waals surface area (Å²) in [5, 5.41) is 1.21. The minimum Gasteiger partial charge on any atom is -0.464 e. The van der Waals surface area contributed by atoms with Crippen LogP contribution in [-0.2, 0) is 6.42 Å². The van der Waals surface area contributed by atoms with E-state index < -0.39 is 0 Å². The Morgan fingerprint density at radius 2 is 2.14 bits per heavy atom. The molecule has 1 heterocycles. The van der Waals surface area contributed by atoms with E-state index >= 15 is 0 Å². The topological polar surface area (TPSA) is 13.1 Å². The van der Waals surface area contributed by atoms with Crippen LogP contribution in [0.4, 0.5) is 0 Å². The molecule has 1 aromatic heterocycles. The van der Waals surface area contributed by atoms with E-state index in [0.29, 0.717) is 0 Å². The van der Waals surface area contributed by atoms with Gasteiger partial charge in [-0.3, -0.25) is 0 Å². The van der Waals surface area contributed by atoms with Crippen molar-refractivity contribution >= 4 is 11.0 Å². The monoisotopic (exact) mass is 188 g/mol. The van der Waals surface area contributed by atoms with Crippen molar-refractivity contribution in [1.82, 2.24) is 0 Å². The minimum atomic E-state index is 0.763. The number of hydrogen-bond acceptors (Lipinski definition) is 1. The van der Waals surface area contributed by atoms with E-state index in [0.717, 1.165) is 17.9 Å². The third kappa shape index (κ3) is 1.82. The fourth-order valence-corrected chi connectivity index (χ4v) is 1.69. The normalized spacial score (nSPS) is 13.3. The van der Waals surface area contributed by atoms with Crippen LogP contribution in [0.5, 0.6) is 0 Å². The van der Waals surface area contributed by atoms with Crippen LogP contribution >= 0.6 is 0 Å². The lowest BCUT2D eigenvalue weighted by atomic mass is 9.98. The van der Waals surface area contributed by atoms with E-state index in [9.17, 15) is 0 Å². The minimum absolute atomic E-state index is 0.763. The summed E-state index contributed by atoms with van der Waals surface area (Å²) in [6.45, 7) is 4.53. The Morgan fingerprint density at radius 1 is 1.29 bits per heavy atom. The van der Waals surface area contributed by atoms with Gasteiger partial charge in [0.05, 0.1) is 6.26 Å². The van der Waals surface area contributed by atoms with Gasteiger partial charge in [-0.2, -0.15) is 0 Å². The van der Waals surface area contributed by atoms with E-state index in [4.69, 9.17) is 4.42 Å². The van der Waals surface area contributed by atoms with Gasteiger partial charge in [-0.05, 0) is 36.1 Å². The molecule has 1 atom stereocenters. The molecule has 0 N–H and O–H groups in total. The maximum Gasteiger partial charge on any atom is 0.133 e. The van der Waals surface area contributed by atoms with Crippen molar-refractivity contribution in [2.75, 3.05) is 0 Å². The third-order valence-corrected chi connectivity index (χ3v) is 2.80. The van der Waals surface area contributed by atoms with Gasteiger partial charge in [-0.25, -0.2) is 0 Å². The van der Waals surface area contributed by atoms with Crippen LogP contribution in [0.25, 0.3) is 11.0 Å². The average Bonchev–Trinajstić information content (AvgIpc) is 2.64. The quantitative estimate of drug-likeness (QED) is 0.709. The highest BCUT2D eigenvalue weighted by Crippen LogP contribution is 2.19. The molecule has 2 aromatic rings. The van der Waals surface area contributed by atoms with E-state index in [2.05, 4.69) is 32.0 Å². The highest BCUT2D eigenvalue weighted by atomic mass is 16.3. The summed E-state index contributed by atoms with van der Waals surface area (Å²) in [4.78, 5) is 0. The molecule has 0 unspecified atom stereocenters. The molecule has 0 amide bonds. The van der Waals surface area contributed by atoms with Crippen molar-refractivity contribution in [3.63, 3.8) is 0 Å². The van der Waals surface area contributed by atoms with Gasteiger partial charge in [0.25, 0.3) is 0 Å². The Hall–Kier alpha value is -1.24. The predicted octanol–water partition coefficient (Wildman–Crippen LogP) is 4.02. The number of furan rings is 1. The first-order valence-corrected chi connectivity index (χ1v) is 5.25. The highest BCUT2D eigenvalue weighted by Gasteiger charge is 2.03. The summed E-state index contributed by atoms with van der Waals surface area (Å²) in [6, 6.07) is 8.48. The lowest BCUT2D eigenvalue weighted by molar-refractivity contribution is 0.560. The first-order valence-electron chi connectivity index (χ1n) is 5.25. The number of benzene rings is 1. The summed E-state index contributed by atoms with van der Waals surface area (Å²) in [5.74, 6) is 0.763. The maximum atomic E-state index is 5.30. The summed E-state index contributed by atoms with van der Waals surface area (Å²) < 4.78 is 5.30. The molecule has 0 bridgehead atoms. The molecule has 0 spiro atoms. The second kappa shape index (κ2) is 3.87. The fourth-order valence-electron chi connectivity index (χ4n) is 1.69. The molecule has 0 radical (unpaired) electrons. The molecule has 0 saturated heterocycles. The Labute approximate surface area is 84.7 Å². The molecule has 0 aliphatic carbocycles. The summed E-state index contributed by atoms with van der Waals surface area (Å²) in [5.41, 5.74) is 2.39. The molecule has 1 heteroatoms. The molecule has 2 rings (SSSR count).